The van der Waals surface area contributed by atoms with Gasteiger partial charge in [-0.25, -0.2) is 0 Å². The van der Waals surface area contributed by atoms with E-state index in [0.717, 1.165) is 12.0 Å². The monoisotopic (exact) mass is 287 g/mol. The molecule has 0 N–H and O–H groups in total. The van der Waals surface area contributed by atoms with Crippen molar-refractivity contribution in [2.24, 2.45) is 5.92 Å². The van der Waals surface area contributed by atoms with E-state index in [4.69, 9.17) is 0 Å². The Bertz CT molecular complexity index is 426. The fraction of sp³-hybridized carbons (Fsp3) is 0.700. The third-order valence-corrected chi connectivity index (χ3v) is 5.29. The molecule has 0 heterocycles. The average molecular weight is 287 g/mol. The van der Waals surface area contributed by atoms with Crippen LogP contribution in [0.25, 0.3) is 0 Å². The number of hydrogen-bond acceptors (Lipinski definition) is 1. The third kappa shape index (κ3) is 4.57. The van der Waals surface area contributed by atoms with Crippen molar-refractivity contribution in [1.82, 2.24) is 4.90 Å². The van der Waals surface area contributed by atoms with Crippen molar-refractivity contribution >= 4 is 0 Å². The number of likely N-dealkylation sites (N-methyl/N-ethyl adjacent to an activating group) is 1. The van der Waals surface area contributed by atoms with Gasteiger partial charge in [-0.3, -0.25) is 0 Å². The van der Waals surface area contributed by atoms with Gasteiger partial charge in [-0.15, -0.1) is 0 Å². The van der Waals surface area contributed by atoms with Gasteiger partial charge in [0.25, 0.3) is 0 Å². The largest absolute Gasteiger partial charge is 0.303 e. The lowest BCUT2D eigenvalue weighted by atomic mass is 9.86. The molecule has 0 bridgehead atoms. The second kappa shape index (κ2) is 6.96. The molecule has 1 heteroatoms. The van der Waals surface area contributed by atoms with Gasteiger partial charge in [-0.05, 0) is 55.2 Å². The van der Waals surface area contributed by atoms with E-state index < -0.39 is 0 Å². The fourth-order valence-corrected chi connectivity index (χ4v) is 3.48. The third-order valence-electron chi connectivity index (χ3n) is 5.29. The molecule has 0 aromatic heterocycles. The Kier molecular flexibility index (Phi) is 5.48. The van der Waals surface area contributed by atoms with Crippen molar-refractivity contribution in [2.75, 3.05) is 13.6 Å². The maximum absolute atomic E-state index is 2.59. The zero-order chi connectivity index (χ0) is 15.5. The highest BCUT2D eigenvalue weighted by molar-refractivity contribution is 5.27. The van der Waals surface area contributed by atoms with Crippen LogP contribution in [0.15, 0.2) is 24.3 Å². The van der Waals surface area contributed by atoms with Crippen LogP contribution in [0.3, 0.4) is 0 Å². The van der Waals surface area contributed by atoms with Crippen LogP contribution in [0, 0.1) is 5.92 Å². The first kappa shape index (κ1) is 16.5. The Morgan fingerprint density at radius 3 is 2.29 bits per heavy atom. The molecule has 1 unspecified atom stereocenters. The average Bonchev–Trinajstić information content (AvgIpc) is 2.93. The second-order valence-electron chi connectivity index (χ2n) is 7.92. The van der Waals surface area contributed by atoms with Crippen LogP contribution in [-0.2, 0) is 11.8 Å². The zero-order valence-electron chi connectivity index (χ0n) is 14.7. The quantitative estimate of drug-likeness (QED) is 0.733. The van der Waals surface area contributed by atoms with Gasteiger partial charge in [0.05, 0.1) is 0 Å². The highest BCUT2D eigenvalue weighted by atomic mass is 15.1. The van der Waals surface area contributed by atoms with Gasteiger partial charge >= 0.3 is 0 Å². The van der Waals surface area contributed by atoms with E-state index in [0.29, 0.717) is 0 Å². The summed E-state index contributed by atoms with van der Waals surface area (Å²) in [6, 6.07) is 10.1. The van der Waals surface area contributed by atoms with Crippen LogP contribution in [-0.4, -0.2) is 24.5 Å². The van der Waals surface area contributed by atoms with Gasteiger partial charge in [-0.2, -0.15) is 0 Å². The predicted octanol–water partition coefficient (Wildman–Crippen LogP) is 5.04. The lowest BCUT2D eigenvalue weighted by molar-refractivity contribution is 0.242. The molecular weight excluding hydrogens is 254 g/mol. The lowest BCUT2D eigenvalue weighted by Crippen LogP contribution is -2.31. The minimum absolute atomic E-state index is 0.258. The van der Waals surface area contributed by atoms with E-state index in [1.165, 1.54) is 49.8 Å². The smallest absolute Gasteiger partial charge is 0.00950 e. The summed E-state index contributed by atoms with van der Waals surface area (Å²) in [4.78, 5) is 2.59. The molecule has 1 nitrogen and oxygen atoms in total. The van der Waals surface area contributed by atoms with Gasteiger partial charge in [-0.1, -0.05) is 58.4 Å². The van der Waals surface area contributed by atoms with Crippen molar-refractivity contribution in [1.29, 1.82) is 0 Å². The molecule has 0 radical (unpaired) electrons. The number of rotatable bonds is 5. The van der Waals surface area contributed by atoms with E-state index in [2.05, 4.69) is 63.9 Å². The van der Waals surface area contributed by atoms with Gasteiger partial charge < -0.3 is 4.90 Å². The van der Waals surface area contributed by atoms with E-state index in [9.17, 15) is 0 Å². The molecular formula is C20H33N. The second-order valence-corrected chi connectivity index (χ2v) is 7.92. The molecule has 21 heavy (non-hydrogen) atoms. The van der Waals surface area contributed by atoms with Gasteiger partial charge in [0.15, 0.2) is 0 Å². The zero-order valence-corrected chi connectivity index (χ0v) is 14.7. The Morgan fingerprint density at radius 2 is 1.76 bits per heavy atom. The molecule has 1 fully saturated rings. The van der Waals surface area contributed by atoms with E-state index in [-0.39, 0.29) is 5.41 Å². The molecule has 0 saturated heterocycles. The predicted molar refractivity (Wildman–Crippen MR) is 92.9 cm³/mol. The standard InChI is InChI=1S/C20H33N/c1-6-16-9-12-19(15-16)21(5)14-13-17-7-10-18(11-8-17)20(2,3)4/h7-8,10-11,16,19H,6,9,12-15H2,1-5H3/t16-,19?/m1/s1. The summed E-state index contributed by atoms with van der Waals surface area (Å²) in [6.45, 7) is 10.4. The SMILES string of the molecule is CC[C@@H]1CCC(N(C)CCc2ccc(C(C)(C)C)cc2)C1. The molecule has 2 atom stereocenters. The molecule has 1 aromatic carbocycles. The molecule has 0 spiro atoms. The summed E-state index contributed by atoms with van der Waals surface area (Å²) < 4.78 is 0. The van der Waals surface area contributed by atoms with Gasteiger partial charge in [0, 0.05) is 12.6 Å². The van der Waals surface area contributed by atoms with Crippen molar-refractivity contribution in [3.05, 3.63) is 35.4 Å². The van der Waals surface area contributed by atoms with Crippen LogP contribution in [0.1, 0.15) is 64.5 Å². The molecule has 2 rings (SSSR count). The number of benzene rings is 1. The highest BCUT2D eigenvalue weighted by Gasteiger charge is 2.25. The molecule has 118 valence electrons. The minimum atomic E-state index is 0.258. The molecule has 1 aliphatic rings. The van der Waals surface area contributed by atoms with Crippen LogP contribution < -0.4 is 0 Å². The first-order valence-corrected chi connectivity index (χ1v) is 8.69. The first-order chi connectivity index (χ1) is 9.90. The van der Waals surface area contributed by atoms with E-state index in [1.54, 1.807) is 0 Å². The summed E-state index contributed by atoms with van der Waals surface area (Å²) in [5.41, 5.74) is 3.16. The molecule has 0 amide bonds. The van der Waals surface area contributed by atoms with Crippen LogP contribution in [0.5, 0.6) is 0 Å². The van der Waals surface area contributed by atoms with Gasteiger partial charge in [0.2, 0.25) is 0 Å². The summed E-state index contributed by atoms with van der Waals surface area (Å²) in [5, 5.41) is 0. The maximum Gasteiger partial charge on any atom is 0.00950 e. The summed E-state index contributed by atoms with van der Waals surface area (Å²) >= 11 is 0. The summed E-state index contributed by atoms with van der Waals surface area (Å²) in [7, 11) is 2.31. The molecule has 1 aliphatic carbocycles. The summed E-state index contributed by atoms with van der Waals surface area (Å²) in [6.07, 6.45) is 6.78. The normalized spacial score (nSPS) is 23.0. The Labute approximate surface area is 131 Å². The van der Waals surface area contributed by atoms with Crippen LogP contribution in [0.4, 0.5) is 0 Å². The maximum atomic E-state index is 2.59. The van der Waals surface area contributed by atoms with Gasteiger partial charge in [0.1, 0.15) is 0 Å². The van der Waals surface area contributed by atoms with Crippen molar-refractivity contribution in [3.63, 3.8) is 0 Å². The molecule has 1 saturated carbocycles. The van der Waals surface area contributed by atoms with Crippen molar-refractivity contribution in [2.45, 2.75) is 71.3 Å². The Balaban J connectivity index is 1.83. The fourth-order valence-electron chi connectivity index (χ4n) is 3.48. The highest BCUT2D eigenvalue weighted by Crippen LogP contribution is 2.30. The Hall–Kier alpha value is -0.820. The number of nitrogens with zero attached hydrogens (tertiary/aromatic N) is 1. The molecule has 1 aromatic rings. The lowest BCUT2D eigenvalue weighted by Gasteiger charge is -2.24. The first-order valence-electron chi connectivity index (χ1n) is 8.69. The number of hydrogen-bond donors (Lipinski definition) is 0. The van der Waals surface area contributed by atoms with Crippen molar-refractivity contribution in [3.8, 4) is 0 Å². The van der Waals surface area contributed by atoms with Crippen LogP contribution >= 0.6 is 0 Å². The molecule has 0 aliphatic heterocycles. The Morgan fingerprint density at radius 1 is 1.10 bits per heavy atom. The van der Waals surface area contributed by atoms with Crippen molar-refractivity contribution < 1.29 is 0 Å². The van der Waals surface area contributed by atoms with Crippen LogP contribution in [0.2, 0.25) is 0 Å². The van der Waals surface area contributed by atoms with E-state index >= 15 is 0 Å². The minimum Gasteiger partial charge on any atom is -0.303 e. The topological polar surface area (TPSA) is 3.24 Å². The summed E-state index contributed by atoms with van der Waals surface area (Å²) in [5.74, 6) is 0.975. The van der Waals surface area contributed by atoms with E-state index in [1.807, 2.05) is 0 Å².